The summed E-state index contributed by atoms with van der Waals surface area (Å²) < 4.78 is 1.29. The molecule has 0 saturated heterocycles. The van der Waals surface area contributed by atoms with E-state index in [9.17, 15) is 9.90 Å². The number of amides is 1. The molecule has 2 aromatic carbocycles. The van der Waals surface area contributed by atoms with E-state index < -0.39 is 6.04 Å². The Labute approximate surface area is 173 Å². The molecule has 26 heavy (non-hydrogen) atoms. The Kier molecular flexibility index (Phi) is 5.64. The van der Waals surface area contributed by atoms with Crippen molar-refractivity contribution in [1.29, 1.82) is 0 Å². The molecule has 0 unspecified atom stereocenters. The van der Waals surface area contributed by atoms with E-state index in [1.54, 1.807) is 19.1 Å². The van der Waals surface area contributed by atoms with Crippen molar-refractivity contribution >= 4 is 60.8 Å². The van der Waals surface area contributed by atoms with E-state index in [0.717, 1.165) is 4.47 Å². The molecule has 8 heteroatoms. The van der Waals surface area contributed by atoms with Gasteiger partial charge in [-0.25, -0.2) is 0 Å². The molecule has 0 spiro atoms. The lowest BCUT2D eigenvalue weighted by atomic mass is 9.94. The summed E-state index contributed by atoms with van der Waals surface area (Å²) in [7, 11) is 0. The number of carbonyl (C=O) groups is 1. The minimum absolute atomic E-state index is 0.0493. The van der Waals surface area contributed by atoms with Crippen molar-refractivity contribution < 1.29 is 9.90 Å². The molecule has 4 N–H and O–H groups in total. The smallest absolute Gasteiger partial charge is 0.255 e. The molecule has 5 nitrogen and oxygen atoms in total. The minimum Gasteiger partial charge on any atom is -0.506 e. The Morgan fingerprint density at radius 3 is 2.62 bits per heavy atom. The Balaban J connectivity index is 2.04. The maximum Gasteiger partial charge on any atom is 0.255 e. The van der Waals surface area contributed by atoms with Gasteiger partial charge in [-0.15, -0.1) is 0 Å². The van der Waals surface area contributed by atoms with Crippen molar-refractivity contribution in [2.45, 2.75) is 13.0 Å². The van der Waals surface area contributed by atoms with Crippen LogP contribution in [0.15, 0.2) is 62.7 Å². The molecule has 0 aliphatic carbocycles. The van der Waals surface area contributed by atoms with Gasteiger partial charge >= 0.3 is 0 Å². The third-order valence-electron chi connectivity index (χ3n) is 3.91. The summed E-state index contributed by atoms with van der Waals surface area (Å²) in [5, 5.41) is 19.8. The number of halogens is 2. The standard InChI is InChI=1S/C18H15Br2N3O2S/c1-9-14(17(25)22-11-5-3-2-4-6-11)15(23-18(26)21-9)12-7-10(19)8-13(20)16(12)24/h2-8,15,24H,1H3,(H,22,25)(H2,21,23,26)/t15-/m1/s1. The third-order valence-corrected chi connectivity index (χ3v) is 5.20. The molecule has 2 aromatic rings. The summed E-state index contributed by atoms with van der Waals surface area (Å²) in [5.74, 6) is -0.232. The van der Waals surface area contributed by atoms with E-state index >= 15 is 0 Å². The van der Waals surface area contributed by atoms with Gasteiger partial charge in [0.1, 0.15) is 5.75 Å². The quantitative estimate of drug-likeness (QED) is 0.475. The summed E-state index contributed by atoms with van der Waals surface area (Å²) >= 11 is 12.0. The number of allylic oxidation sites excluding steroid dienone is 1. The molecule has 0 fully saturated rings. The number of carbonyl (C=O) groups excluding carboxylic acids is 1. The van der Waals surface area contributed by atoms with Gasteiger partial charge in [-0.3, -0.25) is 4.79 Å². The normalized spacial score (nSPS) is 16.7. The molecular weight excluding hydrogens is 482 g/mol. The third kappa shape index (κ3) is 3.92. The molecule has 0 radical (unpaired) electrons. The van der Waals surface area contributed by atoms with E-state index in [2.05, 4.69) is 47.8 Å². The largest absolute Gasteiger partial charge is 0.506 e. The van der Waals surface area contributed by atoms with Crippen molar-refractivity contribution in [1.82, 2.24) is 10.6 Å². The molecule has 1 atom stereocenters. The highest BCUT2D eigenvalue weighted by Crippen LogP contribution is 2.39. The molecule has 1 aliphatic rings. The van der Waals surface area contributed by atoms with Crippen molar-refractivity contribution in [2.75, 3.05) is 5.32 Å². The van der Waals surface area contributed by atoms with Gasteiger partial charge in [0, 0.05) is 21.4 Å². The van der Waals surface area contributed by atoms with Crippen LogP contribution in [0, 0.1) is 0 Å². The van der Waals surface area contributed by atoms with Crippen molar-refractivity contribution in [2.24, 2.45) is 0 Å². The Hall–Kier alpha value is -1.90. The van der Waals surface area contributed by atoms with E-state index in [4.69, 9.17) is 12.2 Å². The molecule has 0 bridgehead atoms. The maximum absolute atomic E-state index is 13.0. The van der Waals surface area contributed by atoms with Crippen molar-refractivity contribution in [3.63, 3.8) is 0 Å². The number of nitrogens with one attached hydrogen (secondary N) is 3. The van der Waals surface area contributed by atoms with Crippen LogP contribution >= 0.6 is 44.1 Å². The Morgan fingerprint density at radius 1 is 1.23 bits per heavy atom. The number of para-hydroxylation sites is 1. The lowest BCUT2D eigenvalue weighted by molar-refractivity contribution is -0.113. The number of benzene rings is 2. The fraction of sp³-hybridized carbons (Fsp3) is 0.111. The van der Waals surface area contributed by atoms with E-state index in [0.29, 0.717) is 32.1 Å². The number of phenolic OH excluding ortho intramolecular Hbond substituents is 1. The van der Waals surface area contributed by atoms with E-state index in [-0.39, 0.29) is 11.7 Å². The molecule has 1 aliphatic heterocycles. The molecule has 0 saturated carbocycles. The Bertz CT molecular complexity index is 916. The number of thiocarbonyl (C=S) groups is 1. The number of anilines is 1. The average molecular weight is 497 g/mol. The first-order valence-corrected chi connectivity index (χ1v) is 9.69. The topological polar surface area (TPSA) is 73.4 Å². The average Bonchev–Trinajstić information content (AvgIpc) is 2.58. The van der Waals surface area contributed by atoms with Gasteiger partial charge in [0.05, 0.1) is 16.1 Å². The van der Waals surface area contributed by atoms with Crippen LogP contribution in [-0.4, -0.2) is 16.1 Å². The molecular formula is C18H15Br2N3O2S. The second kappa shape index (κ2) is 7.77. The summed E-state index contributed by atoms with van der Waals surface area (Å²) in [5.41, 5.74) is 2.29. The second-order valence-corrected chi connectivity index (χ2v) is 7.89. The van der Waals surface area contributed by atoms with Gasteiger partial charge in [-0.2, -0.15) is 0 Å². The van der Waals surface area contributed by atoms with Crippen molar-refractivity contribution in [3.8, 4) is 5.75 Å². The van der Waals surface area contributed by atoms with E-state index in [1.807, 2.05) is 30.3 Å². The summed E-state index contributed by atoms with van der Waals surface area (Å²) in [6, 6.07) is 12.1. The zero-order valence-corrected chi connectivity index (χ0v) is 17.6. The van der Waals surface area contributed by atoms with Gasteiger partial charge in [0.25, 0.3) is 5.91 Å². The Morgan fingerprint density at radius 2 is 1.92 bits per heavy atom. The maximum atomic E-state index is 13.0. The first-order valence-electron chi connectivity index (χ1n) is 7.69. The predicted molar refractivity (Wildman–Crippen MR) is 113 cm³/mol. The zero-order chi connectivity index (χ0) is 18.8. The molecule has 0 aromatic heterocycles. The summed E-state index contributed by atoms with van der Waals surface area (Å²) in [6.45, 7) is 1.78. The molecule has 1 amide bonds. The lowest BCUT2D eigenvalue weighted by Crippen LogP contribution is -2.45. The zero-order valence-electron chi connectivity index (χ0n) is 13.6. The van der Waals surface area contributed by atoms with Crippen LogP contribution in [0.25, 0.3) is 0 Å². The number of hydrogen-bond acceptors (Lipinski definition) is 3. The fourth-order valence-electron chi connectivity index (χ4n) is 2.75. The fourth-order valence-corrected chi connectivity index (χ4v) is 4.28. The number of aromatic hydroxyl groups is 1. The number of hydrogen-bond donors (Lipinski definition) is 4. The number of rotatable bonds is 3. The SMILES string of the molecule is CC1=C(C(=O)Nc2ccccc2)[C@@H](c2cc(Br)cc(Br)c2O)NC(=S)N1. The van der Waals surface area contributed by atoms with Crippen LogP contribution in [-0.2, 0) is 4.79 Å². The summed E-state index contributed by atoms with van der Waals surface area (Å²) in [4.78, 5) is 13.0. The summed E-state index contributed by atoms with van der Waals surface area (Å²) in [6.07, 6.45) is 0. The highest BCUT2D eigenvalue weighted by molar-refractivity contribution is 9.11. The molecule has 1 heterocycles. The monoisotopic (exact) mass is 495 g/mol. The van der Waals surface area contributed by atoms with Gasteiger partial charge < -0.3 is 21.1 Å². The van der Waals surface area contributed by atoms with Crippen LogP contribution in [0.1, 0.15) is 18.5 Å². The molecule has 134 valence electrons. The first kappa shape index (κ1) is 18.9. The highest BCUT2D eigenvalue weighted by atomic mass is 79.9. The first-order chi connectivity index (χ1) is 12.4. The van der Waals surface area contributed by atoms with Gasteiger partial charge in [0.2, 0.25) is 0 Å². The van der Waals surface area contributed by atoms with Crippen LogP contribution in [0.5, 0.6) is 5.75 Å². The van der Waals surface area contributed by atoms with Gasteiger partial charge in [-0.05, 0) is 59.3 Å². The van der Waals surface area contributed by atoms with Gasteiger partial charge in [0.15, 0.2) is 5.11 Å². The predicted octanol–water partition coefficient (Wildman–Crippen LogP) is 4.35. The highest BCUT2D eigenvalue weighted by Gasteiger charge is 2.32. The van der Waals surface area contributed by atoms with Crippen LogP contribution in [0.3, 0.4) is 0 Å². The van der Waals surface area contributed by atoms with E-state index in [1.165, 1.54) is 0 Å². The van der Waals surface area contributed by atoms with Crippen LogP contribution < -0.4 is 16.0 Å². The minimum atomic E-state index is -0.596. The second-order valence-electron chi connectivity index (χ2n) is 5.72. The van der Waals surface area contributed by atoms with Crippen LogP contribution in [0.2, 0.25) is 0 Å². The lowest BCUT2D eigenvalue weighted by Gasteiger charge is -2.31. The van der Waals surface area contributed by atoms with Crippen molar-refractivity contribution in [3.05, 3.63) is 68.2 Å². The van der Waals surface area contributed by atoms with Crippen LogP contribution in [0.4, 0.5) is 5.69 Å². The van der Waals surface area contributed by atoms with Gasteiger partial charge in [-0.1, -0.05) is 34.1 Å². The molecule has 3 rings (SSSR count). The number of phenols is 1.